The number of hydrogen-bond donors (Lipinski definition) is 0. The van der Waals surface area contributed by atoms with Gasteiger partial charge in [0, 0.05) is 10.9 Å². The Balaban J connectivity index is 2.53. The zero-order valence-corrected chi connectivity index (χ0v) is 13.5. The highest BCUT2D eigenvalue weighted by molar-refractivity contribution is 7.49. The zero-order valence-electron chi connectivity index (χ0n) is 12.6. The van der Waals surface area contributed by atoms with E-state index in [1.807, 2.05) is 32.0 Å². The fourth-order valence-electron chi connectivity index (χ4n) is 2.16. The Labute approximate surface area is 127 Å². The second-order valence-electron chi connectivity index (χ2n) is 4.74. The third-order valence-corrected chi connectivity index (χ3v) is 4.39. The average Bonchev–Trinajstić information content (AvgIpc) is 2.49. The van der Waals surface area contributed by atoms with E-state index in [2.05, 4.69) is 6.07 Å². The zero-order chi connectivity index (χ0) is 15.4. The van der Waals surface area contributed by atoms with Crippen molar-refractivity contribution in [2.24, 2.45) is 0 Å². The van der Waals surface area contributed by atoms with Gasteiger partial charge in [-0.25, -0.2) is 0 Å². The van der Waals surface area contributed by atoms with Gasteiger partial charge in [-0.05, 0) is 37.6 Å². The molecule has 0 atom stereocenters. The van der Waals surface area contributed by atoms with Crippen LogP contribution in [-0.4, -0.2) is 19.7 Å². The van der Waals surface area contributed by atoms with E-state index in [1.54, 1.807) is 26.4 Å². The van der Waals surface area contributed by atoms with Gasteiger partial charge in [0.1, 0.15) is 11.5 Å². The van der Waals surface area contributed by atoms with Gasteiger partial charge in [0.15, 0.2) is 0 Å². The molecule has 0 heterocycles. The summed E-state index contributed by atoms with van der Waals surface area (Å²) in [6, 6.07) is 11.4. The van der Waals surface area contributed by atoms with Gasteiger partial charge in [0.25, 0.3) is 0 Å². The molecule has 0 amide bonds. The Bertz CT molecular complexity index is 655. The average molecular weight is 301 g/mol. The highest BCUT2D eigenvalue weighted by Crippen LogP contribution is 2.29. The maximum absolute atomic E-state index is 12.6. The smallest absolute Gasteiger partial charge is 0.129 e. The molecular weight excluding hydrogens is 283 g/mol. The van der Waals surface area contributed by atoms with E-state index in [0.29, 0.717) is 25.3 Å². The Morgan fingerprint density at radius 2 is 1.62 bits per heavy atom. The number of ether oxygens (including phenoxy) is 2. The monoisotopic (exact) mass is 301 g/mol. The lowest BCUT2D eigenvalue weighted by Gasteiger charge is -2.19. The molecule has 0 unspecified atom stereocenters. The Morgan fingerprint density at radius 1 is 1.00 bits per heavy atom. The van der Waals surface area contributed by atoms with Crippen LogP contribution in [0.25, 0.3) is 0 Å². The minimum atomic E-state index is -0.0312. The van der Waals surface area contributed by atoms with Crippen LogP contribution in [0.4, 0.5) is 0 Å². The van der Waals surface area contributed by atoms with E-state index in [-0.39, 0.29) is 5.48 Å². The van der Waals surface area contributed by atoms with Crippen LogP contribution >= 0.6 is 8.20 Å². The molecule has 4 heteroatoms. The lowest BCUT2D eigenvalue weighted by atomic mass is 10.2. The third kappa shape index (κ3) is 3.44. The maximum atomic E-state index is 12.6. The van der Waals surface area contributed by atoms with Crippen molar-refractivity contribution in [3.05, 3.63) is 53.1 Å². The molecule has 0 N–H and O–H groups in total. The van der Waals surface area contributed by atoms with Crippen molar-refractivity contribution in [1.29, 1.82) is 0 Å². The van der Waals surface area contributed by atoms with Crippen LogP contribution in [0.15, 0.2) is 36.4 Å². The topological polar surface area (TPSA) is 41.5 Å². The van der Waals surface area contributed by atoms with E-state index in [9.17, 15) is 5.11 Å². The number of hydrogen-bond acceptors (Lipinski definition) is 3. The molecule has 3 nitrogen and oxygen atoms in total. The van der Waals surface area contributed by atoms with E-state index >= 15 is 0 Å². The van der Waals surface area contributed by atoms with Gasteiger partial charge in [-0.15, -0.1) is 0 Å². The number of methoxy groups -OCH3 is 2. The third-order valence-electron chi connectivity index (χ3n) is 3.22. The highest BCUT2D eigenvalue weighted by atomic mass is 31.1. The summed E-state index contributed by atoms with van der Waals surface area (Å²) in [6.45, 7) is 4.06. The van der Waals surface area contributed by atoms with E-state index in [0.717, 1.165) is 10.9 Å². The van der Waals surface area contributed by atoms with Crippen LogP contribution in [0.1, 0.15) is 16.7 Å². The Kier molecular flexibility index (Phi) is 5.00. The van der Waals surface area contributed by atoms with Crippen molar-refractivity contribution in [2.75, 3.05) is 14.2 Å². The summed E-state index contributed by atoms with van der Waals surface area (Å²) in [5.41, 5.74) is 2.76. The van der Waals surface area contributed by atoms with E-state index < -0.39 is 0 Å². The number of aryl methyl sites for hydroxylation is 2. The molecule has 0 radical (unpaired) electrons. The van der Waals surface area contributed by atoms with Crippen LogP contribution in [0, 0.1) is 13.8 Å². The predicted molar refractivity (Wildman–Crippen MR) is 86.1 cm³/mol. The second-order valence-corrected chi connectivity index (χ2v) is 5.86. The van der Waals surface area contributed by atoms with Crippen LogP contribution in [-0.2, 0) is 0 Å². The molecule has 0 aromatic heterocycles. The normalized spacial score (nSPS) is 11.4. The fourth-order valence-corrected chi connectivity index (χ4v) is 3.10. The van der Waals surface area contributed by atoms with Crippen molar-refractivity contribution in [3.63, 3.8) is 0 Å². The molecule has 0 saturated carbocycles. The maximum Gasteiger partial charge on any atom is 0.129 e. The lowest BCUT2D eigenvalue weighted by molar-refractivity contribution is -0.207. The molecule has 0 fully saturated rings. The SMILES string of the molecule is COc1cccc(OC)c1C([O-])=Pc1ccc(C)cc1C. The molecule has 0 bridgehead atoms. The molecule has 2 rings (SSSR count). The van der Waals surface area contributed by atoms with Gasteiger partial charge in [0.05, 0.1) is 14.2 Å². The molecule has 2 aromatic rings. The molecule has 110 valence electrons. The molecule has 0 aliphatic heterocycles. The van der Waals surface area contributed by atoms with Crippen molar-refractivity contribution in [2.45, 2.75) is 13.8 Å². The summed E-state index contributed by atoms with van der Waals surface area (Å²) in [7, 11) is 3.73. The summed E-state index contributed by atoms with van der Waals surface area (Å²) in [4.78, 5) is 0. The van der Waals surface area contributed by atoms with Crippen molar-refractivity contribution in [3.8, 4) is 11.5 Å². The summed E-state index contributed by atoms with van der Waals surface area (Å²) >= 11 is 0. The summed E-state index contributed by atoms with van der Waals surface area (Å²) in [5.74, 6) is 1.08. The molecule has 0 aliphatic rings. The quantitative estimate of drug-likeness (QED) is 0.815. The van der Waals surface area contributed by atoms with E-state index in [1.165, 1.54) is 5.56 Å². The first-order valence-corrected chi connectivity index (χ1v) is 7.50. The van der Waals surface area contributed by atoms with Crippen molar-refractivity contribution >= 4 is 19.0 Å². The van der Waals surface area contributed by atoms with E-state index in [4.69, 9.17) is 9.47 Å². The second kappa shape index (κ2) is 6.75. The fraction of sp³-hybridized carbons (Fsp3) is 0.235. The number of benzene rings is 2. The van der Waals surface area contributed by atoms with Crippen LogP contribution in [0.5, 0.6) is 11.5 Å². The van der Waals surface area contributed by atoms with Gasteiger partial charge in [-0.1, -0.05) is 37.4 Å². The first kappa shape index (κ1) is 15.6. The lowest BCUT2D eigenvalue weighted by Crippen LogP contribution is -2.20. The Morgan fingerprint density at radius 3 is 2.14 bits per heavy atom. The van der Waals surface area contributed by atoms with Gasteiger partial charge >= 0.3 is 0 Å². The van der Waals surface area contributed by atoms with Crippen LogP contribution in [0.2, 0.25) is 0 Å². The predicted octanol–water partition coefficient (Wildman–Crippen LogP) is 2.43. The van der Waals surface area contributed by atoms with Crippen LogP contribution < -0.4 is 19.9 Å². The molecule has 0 spiro atoms. The summed E-state index contributed by atoms with van der Waals surface area (Å²) in [5, 5.41) is 13.6. The van der Waals surface area contributed by atoms with Gasteiger partial charge in [0.2, 0.25) is 0 Å². The minimum Gasteiger partial charge on any atom is -0.823 e. The van der Waals surface area contributed by atoms with Gasteiger partial charge in [-0.3, -0.25) is 0 Å². The first-order valence-electron chi connectivity index (χ1n) is 6.61. The van der Waals surface area contributed by atoms with Gasteiger partial charge in [-0.2, -0.15) is 0 Å². The van der Waals surface area contributed by atoms with Crippen molar-refractivity contribution < 1.29 is 14.6 Å². The first-order chi connectivity index (χ1) is 10.1. The number of rotatable bonds is 4. The van der Waals surface area contributed by atoms with Gasteiger partial charge < -0.3 is 14.6 Å². The highest BCUT2D eigenvalue weighted by Gasteiger charge is 2.09. The molecule has 2 aromatic carbocycles. The standard InChI is InChI=1S/C17H19O3P/c1-11-8-9-15(12(2)10-11)21-17(18)16-13(19-3)6-5-7-14(16)20-4/h5-10,18H,1-4H3/p-1. The largest absolute Gasteiger partial charge is 0.823 e. The minimum absolute atomic E-state index is 0.0312. The molecule has 0 aliphatic carbocycles. The Hall–Kier alpha value is -1.83. The molecule has 21 heavy (non-hydrogen) atoms. The summed E-state index contributed by atoms with van der Waals surface area (Å²) in [6.07, 6.45) is 0. The molecular formula is C17H18O3P-. The van der Waals surface area contributed by atoms with Crippen molar-refractivity contribution in [1.82, 2.24) is 0 Å². The molecule has 0 saturated heterocycles. The van der Waals surface area contributed by atoms with Crippen LogP contribution in [0.3, 0.4) is 0 Å². The summed E-state index contributed by atoms with van der Waals surface area (Å²) < 4.78 is 10.6.